The molecule has 0 spiro atoms. The minimum atomic E-state index is 0.526. The highest BCUT2D eigenvalue weighted by atomic mass is 32.1. The predicted molar refractivity (Wildman–Crippen MR) is 92.4 cm³/mol. The van der Waals surface area contributed by atoms with Crippen LogP contribution in [0.15, 0.2) is 0 Å². The molecule has 0 bridgehead atoms. The predicted octanol–water partition coefficient (Wildman–Crippen LogP) is 2.74. The Bertz CT molecular complexity index is 422. The molecule has 1 aliphatic rings. The van der Waals surface area contributed by atoms with Crippen LogP contribution in [0, 0.1) is 0 Å². The monoisotopic (exact) mass is 310 g/mol. The number of nitrogens with zero attached hydrogens (tertiary/aromatic N) is 3. The van der Waals surface area contributed by atoms with Gasteiger partial charge in [-0.3, -0.25) is 4.90 Å². The first-order valence-corrected chi connectivity index (χ1v) is 9.14. The molecule has 0 saturated carbocycles. The van der Waals surface area contributed by atoms with E-state index in [1.165, 1.54) is 41.8 Å². The molecule has 1 aromatic heterocycles. The number of aryl methyl sites for hydroxylation is 1. The number of anilines is 1. The molecule has 120 valence electrons. The Morgan fingerprint density at radius 3 is 2.48 bits per heavy atom. The Labute approximate surface area is 133 Å². The van der Waals surface area contributed by atoms with Gasteiger partial charge in [-0.25, -0.2) is 4.98 Å². The van der Waals surface area contributed by atoms with Gasteiger partial charge in [-0.05, 0) is 19.4 Å². The first kappa shape index (κ1) is 16.7. The van der Waals surface area contributed by atoms with Gasteiger partial charge in [0.25, 0.3) is 0 Å². The molecule has 1 fully saturated rings. The second-order valence-corrected chi connectivity index (χ2v) is 7.15. The standard InChI is InChI=1S/C16H30N4S/c1-5-7-19-8-10-20(11-9-19)16-18-14(6-2)15(21-16)12-17-13(3)4/h13,17H,5-12H2,1-4H3. The van der Waals surface area contributed by atoms with Gasteiger partial charge in [-0.1, -0.05) is 27.7 Å². The van der Waals surface area contributed by atoms with Crippen molar-refractivity contribution in [2.75, 3.05) is 37.6 Å². The highest BCUT2D eigenvalue weighted by Gasteiger charge is 2.20. The highest BCUT2D eigenvalue weighted by Crippen LogP contribution is 2.27. The van der Waals surface area contributed by atoms with Gasteiger partial charge in [0.05, 0.1) is 5.69 Å². The second kappa shape index (κ2) is 8.11. The van der Waals surface area contributed by atoms with Crippen LogP contribution < -0.4 is 10.2 Å². The van der Waals surface area contributed by atoms with E-state index in [0.717, 1.165) is 26.1 Å². The third kappa shape index (κ3) is 4.66. The van der Waals surface area contributed by atoms with Crippen LogP contribution in [0.25, 0.3) is 0 Å². The summed E-state index contributed by atoms with van der Waals surface area (Å²) in [5.74, 6) is 0. The van der Waals surface area contributed by atoms with Crippen molar-refractivity contribution in [1.29, 1.82) is 0 Å². The molecule has 5 heteroatoms. The molecule has 0 amide bonds. The maximum Gasteiger partial charge on any atom is 0.185 e. The molecule has 0 aromatic carbocycles. The molecule has 2 rings (SSSR count). The average Bonchev–Trinajstić information content (AvgIpc) is 2.89. The van der Waals surface area contributed by atoms with Crippen LogP contribution in [0.2, 0.25) is 0 Å². The van der Waals surface area contributed by atoms with Crippen LogP contribution in [0.4, 0.5) is 5.13 Å². The highest BCUT2D eigenvalue weighted by molar-refractivity contribution is 7.15. The average molecular weight is 311 g/mol. The van der Waals surface area contributed by atoms with Gasteiger partial charge < -0.3 is 10.2 Å². The van der Waals surface area contributed by atoms with E-state index in [4.69, 9.17) is 4.98 Å². The smallest absolute Gasteiger partial charge is 0.185 e. The van der Waals surface area contributed by atoms with E-state index >= 15 is 0 Å². The fourth-order valence-electron chi connectivity index (χ4n) is 2.70. The van der Waals surface area contributed by atoms with Gasteiger partial charge in [0.15, 0.2) is 5.13 Å². The Hall–Kier alpha value is -0.650. The lowest BCUT2D eigenvalue weighted by Gasteiger charge is -2.34. The zero-order valence-corrected chi connectivity index (χ0v) is 14.8. The topological polar surface area (TPSA) is 31.4 Å². The van der Waals surface area contributed by atoms with E-state index in [-0.39, 0.29) is 0 Å². The molecule has 1 N–H and O–H groups in total. The summed E-state index contributed by atoms with van der Waals surface area (Å²) in [6.45, 7) is 15.6. The van der Waals surface area contributed by atoms with E-state index in [9.17, 15) is 0 Å². The van der Waals surface area contributed by atoms with Gasteiger partial charge in [0.1, 0.15) is 0 Å². The zero-order chi connectivity index (χ0) is 15.2. The van der Waals surface area contributed by atoms with E-state index < -0.39 is 0 Å². The van der Waals surface area contributed by atoms with Crippen molar-refractivity contribution in [1.82, 2.24) is 15.2 Å². The molecule has 1 aliphatic heterocycles. The molecule has 0 aliphatic carbocycles. The molecular formula is C16H30N4S. The molecule has 21 heavy (non-hydrogen) atoms. The number of thiazole rings is 1. The molecule has 2 heterocycles. The summed E-state index contributed by atoms with van der Waals surface area (Å²) in [6, 6.07) is 0.526. The number of rotatable bonds is 7. The van der Waals surface area contributed by atoms with Crippen LogP contribution >= 0.6 is 11.3 Å². The lowest BCUT2D eigenvalue weighted by Crippen LogP contribution is -2.46. The van der Waals surface area contributed by atoms with E-state index in [1.54, 1.807) is 0 Å². The van der Waals surface area contributed by atoms with E-state index in [0.29, 0.717) is 6.04 Å². The van der Waals surface area contributed by atoms with Crippen molar-refractivity contribution in [3.63, 3.8) is 0 Å². The lowest BCUT2D eigenvalue weighted by molar-refractivity contribution is 0.258. The van der Waals surface area contributed by atoms with Crippen molar-refractivity contribution in [2.45, 2.75) is 53.1 Å². The van der Waals surface area contributed by atoms with E-state index in [1.807, 2.05) is 11.3 Å². The maximum absolute atomic E-state index is 4.89. The van der Waals surface area contributed by atoms with Gasteiger partial charge in [-0.15, -0.1) is 11.3 Å². The Morgan fingerprint density at radius 2 is 1.90 bits per heavy atom. The minimum Gasteiger partial charge on any atom is -0.346 e. The van der Waals surface area contributed by atoms with Gasteiger partial charge in [-0.2, -0.15) is 0 Å². The summed E-state index contributed by atoms with van der Waals surface area (Å²) < 4.78 is 0. The molecule has 1 aromatic rings. The normalized spacial score (nSPS) is 16.9. The summed E-state index contributed by atoms with van der Waals surface area (Å²) in [5.41, 5.74) is 1.28. The number of aromatic nitrogens is 1. The third-order valence-corrected chi connectivity index (χ3v) is 5.11. The Kier molecular flexibility index (Phi) is 6.45. The molecule has 0 radical (unpaired) electrons. The summed E-state index contributed by atoms with van der Waals surface area (Å²) in [6.07, 6.45) is 2.28. The summed E-state index contributed by atoms with van der Waals surface area (Å²) >= 11 is 1.88. The molecular weight excluding hydrogens is 280 g/mol. The fourth-order valence-corrected chi connectivity index (χ4v) is 3.85. The second-order valence-electron chi connectivity index (χ2n) is 6.08. The number of nitrogens with one attached hydrogen (secondary N) is 1. The van der Waals surface area contributed by atoms with Crippen molar-refractivity contribution in [3.05, 3.63) is 10.6 Å². The van der Waals surface area contributed by atoms with Gasteiger partial charge in [0, 0.05) is 43.6 Å². The van der Waals surface area contributed by atoms with Gasteiger partial charge >= 0.3 is 0 Å². The van der Waals surface area contributed by atoms with Crippen LogP contribution in [-0.2, 0) is 13.0 Å². The largest absolute Gasteiger partial charge is 0.346 e. The maximum atomic E-state index is 4.89. The molecule has 1 saturated heterocycles. The van der Waals surface area contributed by atoms with Crippen molar-refractivity contribution < 1.29 is 0 Å². The first-order chi connectivity index (χ1) is 10.1. The third-order valence-electron chi connectivity index (χ3n) is 3.96. The van der Waals surface area contributed by atoms with Crippen molar-refractivity contribution >= 4 is 16.5 Å². The van der Waals surface area contributed by atoms with Crippen LogP contribution in [-0.4, -0.2) is 48.6 Å². The molecule has 0 unspecified atom stereocenters. The minimum absolute atomic E-state index is 0.526. The summed E-state index contributed by atoms with van der Waals surface area (Å²) in [5, 5.41) is 4.75. The molecule has 4 nitrogen and oxygen atoms in total. The molecule has 0 atom stereocenters. The number of hydrogen-bond acceptors (Lipinski definition) is 5. The summed E-state index contributed by atoms with van der Waals surface area (Å²) in [4.78, 5) is 11.3. The Balaban J connectivity index is 1.97. The Morgan fingerprint density at radius 1 is 1.19 bits per heavy atom. The van der Waals surface area contributed by atoms with E-state index in [2.05, 4.69) is 42.8 Å². The van der Waals surface area contributed by atoms with Crippen LogP contribution in [0.3, 0.4) is 0 Å². The van der Waals surface area contributed by atoms with Crippen molar-refractivity contribution in [3.8, 4) is 0 Å². The van der Waals surface area contributed by atoms with Crippen LogP contribution in [0.5, 0.6) is 0 Å². The van der Waals surface area contributed by atoms with Crippen LogP contribution in [0.1, 0.15) is 44.7 Å². The van der Waals surface area contributed by atoms with Crippen molar-refractivity contribution in [2.24, 2.45) is 0 Å². The summed E-state index contributed by atoms with van der Waals surface area (Å²) in [7, 11) is 0. The SMILES string of the molecule is CCCN1CCN(c2nc(CC)c(CNC(C)C)s2)CC1. The first-order valence-electron chi connectivity index (χ1n) is 8.33. The number of hydrogen-bond donors (Lipinski definition) is 1. The lowest BCUT2D eigenvalue weighted by atomic mass is 10.3. The quantitative estimate of drug-likeness (QED) is 0.839. The fraction of sp³-hybridized carbons (Fsp3) is 0.812. The zero-order valence-electron chi connectivity index (χ0n) is 14.0. The number of piperazine rings is 1. The van der Waals surface area contributed by atoms with Gasteiger partial charge in [0.2, 0.25) is 0 Å².